The second kappa shape index (κ2) is 7.54. The topological polar surface area (TPSA) is 21.5 Å². The van der Waals surface area contributed by atoms with Crippen LogP contribution in [0.2, 0.25) is 0 Å². The van der Waals surface area contributed by atoms with Gasteiger partial charge in [-0.1, -0.05) is 0 Å². The third-order valence-electron chi connectivity index (χ3n) is 0.945. The maximum absolute atomic E-state index is 10.0. The molecule has 0 aliphatic heterocycles. The molecule has 0 rings (SSSR count). The van der Waals surface area contributed by atoms with Crippen molar-refractivity contribution in [2.75, 3.05) is 13.1 Å². The van der Waals surface area contributed by atoms with Crippen molar-refractivity contribution in [3.8, 4) is 0 Å². The molecule has 0 atom stereocenters. The van der Waals surface area contributed by atoms with Crippen molar-refractivity contribution in [1.29, 1.82) is 0 Å². The molecule has 0 bridgehead atoms. The molecule has 0 heterocycles. The molecule has 0 aliphatic rings. The van der Waals surface area contributed by atoms with Gasteiger partial charge in [-0.15, -0.1) is 0 Å². The van der Waals surface area contributed by atoms with E-state index in [1.54, 1.807) is 0 Å². The van der Waals surface area contributed by atoms with Crippen molar-refractivity contribution in [2.45, 2.75) is 13.8 Å². The fourth-order valence-corrected chi connectivity index (χ4v) is 0.637. The van der Waals surface area contributed by atoms with Crippen molar-refractivity contribution in [3.63, 3.8) is 0 Å². The van der Waals surface area contributed by atoms with Crippen LogP contribution in [0.15, 0.2) is 0 Å². The van der Waals surface area contributed by atoms with Gasteiger partial charge < -0.3 is 17.3 Å². The van der Waals surface area contributed by atoms with Gasteiger partial charge in [0, 0.05) is 0 Å². The monoisotopic (exact) mass is 209 g/mol. The van der Waals surface area contributed by atoms with Gasteiger partial charge in [0.15, 0.2) is 11.9 Å². The van der Waals surface area contributed by atoms with Gasteiger partial charge >= 0.3 is 7.25 Å². The predicted octanol–water partition coefficient (Wildman–Crippen LogP) is 0.0714. The van der Waals surface area contributed by atoms with Crippen LogP contribution in [0.1, 0.15) is 13.8 Å². The standard InChI is InChI=1S/C4H11NOS.BF4/c1-3-5(4-2)7-6;2-1(3,4)5/h7H,3-4H2,1-2H3;/q;-1/p+1. The van der Waals surface area contributed by atoms with E-state index in [-0.39, 0.29) is 11.9 Å². The first-order chi connectivity index (χ1) is 5.35. The van der Waals surface area contributed by atoms with Gasteiger partial charge in [-0.2, -0.15) is 0 Å². The molecular weight excluding hydrogens is 197 g/mol. The van der Waals surface area contributed by atoms with E-state index < -0.39 is 7.25 Å². The molecule has 0 unspecified atom stereocenters. The highest BCUT2D eigenvalue weighted by Crippen LogP contribution is 2.06. The lowest BCUT2D eigenvalue weighted by Gasteiger charge is -2.02. The number of halogens is 4. The molecule has 0 amide bonds. The Bertz CT molecular complexity index is 112. The molecule has 0 saturated heterocycles. The molecule has 0 aromatic carbocycles. The van der Waals surface area contributed by atoms with Gasteiger partial charge in [0.25, 0.3) is 0 Å². The van der Waals surface area contributed by atoms with Gasteiger partial charge in [-0.05, 0) is 13.8 Å². The van der Waals surface area contributed by atoms with Gasteiger partial charge in [-0.25, -0.2) is 4.21 Å². The van der Waals surface area contributed by atoms with Crippen molar-refractivity contribution < 1.29 is 25.8 Å². The highest BCUT2D eigenvalue weighted by molar-refractivity contribution is 7.58. The molecule has 1 N–H and O–H groups in total. The van der Waals surface area contributed by atoms with Crippen LogP contribution < -0.4 is 4.31 Å². The number of hydrogen-bond acceptors (Lipinski definition) is 1. The summed E-state index contributed by atoms with van der Waals surface area (Å²) in [4.78, 5) is 0. The van der Waals surface area contributed by atoms with Gasteiger partial charge in [0.2, 0.25) is 0 Å². The Morgan fingerprint density at radius 1 is 1.17 bits per heavy atom. The summed E-state index contributed by atoms with van der Waals surface area (Å²) in [6, 6.07) is 0. The lowest BCUT2D eigenvalue weighted by molar-refractivity contribution is -0.753. The van der Waals surface area contributed by atoms with Crippen LogP contribution in [0, 0.1) is 0 Å². The largest absolute Gasteiger partial charge is 0.673 e. The quantitative estimate of drug-likeness (QED) is 0.383. The number of thiol groups is 1. The molecular formula is C4H12BF4NOS. The summed E-state index contributed by atoms with van der Waals surface area (Å²) in [5.41, 5.74) is 0. The highest BCUT2D eigenvalue weighted by atomic mass is 32.2. The maximum Gasteiger partial charge on any atom is 0.673 e. The van der Waals surface area contributed by atoms with E-state index in [2.05, 4.69) is 0 Å². The van der Waals surface area contributed by atoms with Gasteiger partial charge in [0.05, 0.1) is 13.1 Å². The Hall–Kier alpha value is -0.105. The first-order valence-corrected chi connectivity index (χ1v) is 4.21. The first kappa shape index (κ1) is 14.4. The smallest absolute Gasteiger partial charge is 0.418 e. The molecule has 12 heavy (non-hydrogen) atoms. The van der Waals surface area contributed by atoms with Crippen LogP contribution in [-0.2, 0) is 11.9 Å². The lowest BCUT2D eigenvalue weighted by atomic mass is 10.3. The summed E-state index contributed by atoms with van der Waals surface area (Å²) in [6.07, 6.45) is 0. The van der Waals surface area contributed by atoms with E-state index in [4.69, 9.17) is 0 Å². The summed E-state index contributed by atoms with van der Waals surface area (Å²) >= 11 is 0.226. The Kier molecular flexibility index (Phi) is 9.06. The van der Waals surface area contributed by atoms with Crippen molar-refractivity contribution in [3.05, 3.63) is 0 Å². The van der Waals surface area contributed by atoms with Crippen LogP contribution >= 0.6 is 0 Å². The average Bonchev–Trinajstić information content (AvgIpc) is 1.88. The minimum absolute atomic E-state index is 0.226. The van der Waals surface area contributed by atoms with E-state index in [1.165, 1.54) is 0 Å². The molecule has 0 aromatic rings. The van der Waals surface area contributed by atoms with E-state index in [0.29, 0.717) is 0 Å². The van der Waals surface area contributed by atoms with Crippen LogP contribution in [0.3, 0.4) is 0 Å². The van der Waals surface area contributed by atoms with E-state index in [0.717, 1.165) is 17.4 Å². The van der Waals surface area contributed by atoms with Crippen LogP contribution in [0.25, 0.3) is 0 Å². The van der Waals surface area contributed by atoms with E-state index >= 15 is 0 Å². The zero-order valence-corrected chi connectivity index (χ0v) is 7.75. The summed E-state index contributed by atoms with van der Waals surface area (Å²) in [5.74, 6) is 0. The second-order valence-electron chi connectivity index (χ2n) is 1.86. The fraction of sp³-hybridized carbons (Fsp3) is 1.00. The minimum atomic E-state index is -6.00. The number of hydrogen-bond donors (Lipinski definition) is 2. The molecule has 76 valence electrons. The van der Waals surface area contributed by atoms with Gasteiger partial charge in [0.1, 0.15) is 0 Å². The summed E-state index contributed by atoms with van der Waals surface area (Å²) < 4.78 is 50.1. The summed E-state index contributed by atoms with van der Waals surface area (Å²) in [5, 5.41) is 0. The Balaban J connectivity index is 0. The van der Waals surface area contributed by atoms with Crippen LogP contribution in [-0.4, -0.2) is 24.6 Å². The Morgan fingerprint density at radius 2 is 1.42 bits per heavy atom. The van der Waals surface area contributed by atoms with Crippen molar-refractivity contribution >= 4 is 19.1 Å². The third kappa shape index (κ3) is 22.5. The average molecular weight is 209 g/mol. The molecule has 0 aliphatic carbocycles. The van der Waals surface area contributed by atoms with E-state index in [9.17, 15) is 21.5 Å². The highest BCUT2D eigenvalue weighted by Gasteiger charge is 2.20. The molecule has 0 spiro atoms. The SMILES string of the molecule is CC[NH+](CC)[SH]=O.F[B-](F)(F)F. The molecule has 0 radical (unpaired) electrons. The molecule has 8 heteroatoms. The Labute approximate surface area is 72.7 Å². The zero-order chi connectivity index (χ0) is 10.2. The Morgan fingerprint density at radius 3 is 1.42 bits per heavy atom. The summed E-state index contributed by atoms with van der Waals surface area (Å²) in [7, 11) is -6.00. The number of rotatable bonds is 3. The zero-order valence-electron chi connectivity index (χ0n) is 6.86. The third-order valence-corrected chi connectivity index (χ3v) is 1.84. The molecule has 0 saturated carbocycles. The first-order valence-electron chi connectivity index (χ1n) is 3.40. The van der Waals surface area contributed by atoms with Crippen LogP contribution in [0.5, 0.6) is 0 Å². The molecule has 0 fully saturated rings. The molecule has 0 aromatic heterocycles. The number of nitrogens with one attached hydrogen (secondary N) is 1. The number of quaternary nitrogens is 1. The van der Waals surface area contributed by atoms with Gasteiger partial charge in [-0.3, -0.25) is 4.31 Å². The predicted molar refractivity (Wildman–Crippen MR) is 41.8 cm³/mol. The summed E-state index contributed by atoms with van der Waals surface area (Å²) in [6.45, 7) is 5.93. The minimum Gasteiger partial charge on any atom is -0.418 e. The van der Waals surface area contributed by atoms with E-state index in [1.807, 2.05) is 13.8 Å². The maximum atomic E-state index is 10.0. The molecule has 2 nitrogen and oxygen atoms in total. The fourth-order valence-electron chi connectivity index (χ4n) is 0.379. The van der Waals surface area contributed by atoms with Crippen molar-refractivity contribution in [2.24, 2.45) is 0 Å². The second-order valence-corrected chi connectivity index (χ2v) is 2.67. The van der Waals surface area contributed by atoms with Crippen LogP contribution in [0.4, 0.5) is 17.3 Å². The van der Waals surface area contributed by atoms with Crippen molar-refractivity contribution in [1.82, 2.24) is 0 Å². The normalized spacial score (nSPS) is 10.9. The lowest BCUT2D eigenvalue weighted by Crippen LogP contribution is -3.08.